The maximum atomic E-state index is 14.1. The molecule has 4 rings (SSSR count). The van der Waals surface area contributed by atoms with Crippen LogP contribution in [0.2, 0.25) is 5.02 Å². The summed E-state index contributed by atoms with van der Waals surface area (Å²) < 4.78 is 68.4. The Balaban J connectivity index is 1.69. The van der Waals surface area contributed by atoms with Crippen LogP contribution < -0.4 is 9.62 Å². The molecule has 1 aliphatic rings. The van der Waals surface area contributed by atoms with Crippen LogP contribution in [0.4, 0.5) is 24.5 Å². The molecule has 0 saturated heterocycles. The minimum atomic E-state index is -4.19. The molecule has 32 heavy (non-hydrogen) atoms. The Morgan fingerprint density at radius 3 is 2.47 bits per heavy atom. The molecule has 1 heterocycles. The Kier molecular flexibility index (Phi) is 5.87. The standard InChI is InChI=1S/C22H16ClF3N2O3S/c23-16-4-1-5-18(25)21(16)22(29)27-14-7-6-13-3-2-10-28(20(13)11-14)32(30,31)15-8-9-17(24)19(26)12-15/h1,4-9,11-12H,2-3,10H2,(H,27,29). The third-order valence-corrected chi connectivity index (χ3v) is 7.21. The van der Waals surface area contributed by atoms with Crippen LogP contribution in [-0.2, 0) is 16.4 Å². The molecule has 0 fully saturated rings. The summed E-state index contributed by atoms with van der Waals surface area (Å²) in [5, 5.41) is 2.46. The fraction of sp³-hybridized carbons (Fsp3) is 0.136. The fourth-order valence-corrected chi connectivity index (χ4v) is 5.34. The number of anilines is 2. The summed E-state index contributed by atoms with van der Waals surface area (Å²) in [5.74, 6) is -4.01. The van der Waals surface area contributed by atoms with Crippen LogP contribution >= 0.6 is 11.6 Å². The van der Waals surface area contributed by atoms with Crippen molar-refractivity contribution in [3.63, 3.8) is 0 Å². The third kappa shape index (κ3) is 4.05. The van der Waals surface area contributed by atoms with Crippen molar-refractivity contribution in [1.82, 2.24) is 0 Å². The van der Waals surface area contributed by atoms with Gasteiger partial charge in [-0.2, -0.15) is 0 Å². The Labute approximate surface area is 187 Å². The molecular formula is C22H16ClF3N2O3S. The maximum absolute atomic E-state index is 14.1. The van der Waals surface area contributed by atoms with Crippen LogP contribution in [0.1, 0.15) is 22.3 Å². The predicted octanol–water partition coefficient (Wildman–Crippen LogP) is 5.15. The minimum Gasteiger partial charge on any atom is -0.322 e. The van der Waals surface area contributed by atoms with Gasteiger partial charge < -0.3 is 5.32 Å². The van der Waals surface area contributed by atoms with Crippen LogP contribution in [0.25, 0.3) is 0 Å². The molecule has 3 aromatic carbocycles. The molecule has 0 radical (unpaired) electrons. The number of hydrogen-bond acceptors (Lipinski definition) is 3. The number of fused-ring (bicyclic) bond motifs is 1. The number of nitrogens with zero attached hydrogens (tertiary/aromatic N) is 1. The van der Waals surface area contributed by atoms with E-state index in [1.807, 2.05) is 0 Å². The zero-order valence-corrected chi connectivity index (χ0v) is 18.0. The topological polar surface area (TPSA) is 66.5 Å². The number of amides is 1. The Morgan fingerprint density at radius 2 is 1.75 bits per heavy atom. The molecule has 1 aliphatic heterocycles. The molecule has 0 saturated carbocycles. The number of aryl methyl sites for hydroxylation is 1. The van der Waals surface area contributed by atoms with Gasteiger partial charge in [0.15, 0.2) is 11.6 Å². The summed E-state index contributed by atoms with van der Waals surface area (Å²) in [6, 6.07) is 10.9. The lowest BCUT2D eigenvalue weighted by Crippen LogP contribution is -2.35. The lowest BCUT2D eigenvalue weighted by atomic mass is 10.0. The number of sulfonamides is 1. The second-order valence-corrected chi connectivity index (χ2v) is 9.42. The Bertz CT molecular complexity index is 1310. The van der Waals surface area contributed by atoms with Crippen LogP contribution in [0, 0.1) is 17.5 Å². The summed E-state index contributed by atoms with van der Waals surface area (Å²) in [5.41, 5.74) is 0.876. The van der Waals surface area contributed by atoms with Gasteiger partial charge in [-0.25, -0.2) is 21.6 Å². The van der Waals surface area contributed by atoms with Gasteiger partial charge in [0.1, 0.15) is 5.82 Å². The van der Waals surface area contributed by atoms with Crippen molar-refractivity contribution < 1.29 is 26.4 Å². The largest absolute Gasteiger partial charge is 0.322 e. The van der Waals surface area contributed by atoms with Crippen molar-refractivity contribution in [3.05, 3.63) is 88.2 Å². The van der Waals surface area contributed by atoms with Crippen LogP contribution in [0.15, 0.2) is 59.5 Å². The van der Waals surface area contributed by atoms with Gasteiger partial charge in [0.2, 0.25) is 0 Å². The number of nitrogens with one attached hydrogen (secondary N) is 1. The van der Waals surface area contributed by atoms with E-state index < -0.39 is 38.3 Å². The van der Waals surface area contributed by atoms with Gasteiger partial charge in [-0.3, -0.25) is 9.10 Å². The highest BCUT2D eigenvalue weighted by Crippen LogP contribution is 2.34. The molecule has 1 N–H and O–H groups in total. The summed E-state index contributed by atoms with van der Waals surface area (Å²) in [6.45, 7) is 0.116. The van der Waals surface area contributed by atoms with Crippen molar-refractivity contribution in [3.8, 4) is 0 Å². The van der Waals surface area contributed by atoms with Gasteiger partial charge >= 0.3 is 0 Å². The number of rotatable bonds is 4. The molecule has 10 heteroatoms. The van der Waals surface area contributed by atoms with Crippen molar-refractivity contribution in [2.24, 2.45) is 0 Å². The molecule has 5 nitrogen and oxygen atoms in total. The van der Waals surface area contributed by atoms with Gasteiger partial charge in [0, 0.05) is 12.2 Å². The highest BCUT2D eigenvalue weighted by Gasteiger charge is 2.30. The molecular weight excluding hydrogens is 465 g/mol. The first-order chi connectivity index (χ1) is 15.2. The Hall–Kier alpha value is -3.04. The second kappa shape index (κ2) is 8.48. The van der Waals surface area contributed by atoms with E-state index in [0.29, 0.717) is 30.2 Å². The third-order valence-electron chi connectivity index (χ3n) is 5.09. The molecule has 0 spiro atoms. The molecule has 0 aromatic heterocycles. The van der Waals surface area contributed by atoms with Gasteiger partial charge in [-0.15, -0.1) is 0 Å². The number of halogens is 4. The second-order valence-electron chi connectivity index (χ2n) is 7.15. The SMILES string of the molecule is O=C(Nc1ccc2c(c1)N(S(=O)(=O)c1ccc(F)c(F)c1)CCC2)c1c(F)cccc1Cl. The first-order valence-corrected chi connectivity index (χ1v) is 11.4. The average molecular weight is 481 g/mol. The predicted molar refractivity (Wildman–Crippen MR) is 115 cm³/mol. The van der Waals surface area contributed by atoms with Crippen LogP contribution in [-0.4, -0.2) is 20.9 Å². The van der Waals surface area contributed by atoms with E-state index in [1.54, 1.807) is 12.1 Å². The molecule has 0 aliphatic carbocycles. The molecule has 0 bridgehead atoms. The molecule has 166 valence electrons. The lowest BCUT2D eigenvalue weighted by molar-refractivity contribution is 0.102. The van der Waals surface area contributed by atoms with Crippen LogP contribution in [0.3, 0.4) is 0 Å². The van der Waals surface area contributed by atoms with E-state index in [2.05, 4.69) is 5.32 Å². The fourth-order valence-electron chi connectivity index (χ4n) is 3.54. The van der Waals surface area contributed by atoms with E-state index in [0.717, 1.165) is 22.5 Å². The van der Waals surface area contributed by atoms with Gasteiger partial charge in [0.25, 0.3) is 15.9 Å². The number of carbonyl (C=O) groups is 1. The maximum Gasteiger partial charge on any atom is 0.264 e. The highest BCUT2D eigenvalue weighted by molar-refractivity contribution is 7.92. The zero-order valence-electron chi connectivity index (χ0n) is 16.4. The highest BCUT2D eigenvalue weighted by atomic mass is 35.5. The van der Waals surface area contributed by atoms with Crippen molar-refractivity contribution in [2.45, 2.75) is 17.7 Å². The molecule has 1 amide bonds. The number of hydrogen-bond donors (Lipinski definition) is 1. The summed E-state index contributed by atoms with van der Waals surface area (Å²) in [4.78, 5) is 12.2. The van der Waals surface area contributed by atoms with Crippen molar-refractivity contribution in [2.75, 3.05) is 16.2 Å². The smallest absolute Gasteiger partial charge is 0.264 e. The van der Waals surface area contributed by atoms with Crippen molar-refractivity contribution >= 4 is 38.9 Å². The van der Waals surface area contributed by atoms with E-state index in [-0.39, 0.29) is 22.8 Å². The van der Waals surface area contributed by atoms with Gasteiger partial charge in [-0.05, 0) is 60.9 Å². The number of benzene rings is 3. The summed E-state index contributed by atoms with van der Waals surface area (Å²) in [7, 11) is -4.19. The van der Waals surface area contributed by atoms with Crippen molar-refractivity contribution in [1.29, 1.82) is 0 Å². The monoisotopic (exact) mass is 480 g/mol. The van der Waals surface area contributed by atoms with Crippen LogP contribution in [0.5, 0.6) is 0 Å². The summed E-state index contributed by atoms with van der Waals surface area (Å²) >= 11 is 5.93. The number of carbonyl (C=O) groups excluding carboxylic acids is 1. The van der Waals surface area contributed by atoms with E-state index in [1.165, 1.54) is 18.2 Å². The average Bonchev–Trinajstić information content (AvgIpc) is 2.75. The molecule has 0 atom stereocenters. The van der Waals surface area contributed by atoms with E-state index in [9.17, 15) is 26.4 Å². The zero-order chi connectivity index (χ0) is 23.0. The normalized spacial score (nSPS) is 13.6. The molecule has 3 aromatic rings. The molecule has 0 unspecified atom stereocenters. The summed E-state index contributed by atoms with van der Waals surface area (Å²) in [6.07, 6.45) is 1.11. The first-order valence-electron chi connectivity index (χ1n) is 9.54. The quantitative estimate of drug-likeness (QED) is 0.561. The lowest BCUT2D eigenvalue weighted by Gasteiger charge is -2.31. The van der Waals surface area contributed by atoms with E-state index >= 15 is 0 Å². The van der Waals surface area contributed by atoms with E-state index in [4.69, 9.17) is 11.6 Å². The first kappa shape index (κ1) is 22.2. The minimum absolute atomic E-state index is 0.0667. The van der Waals surface area contributed by atoms with Gasteiger partial charge in [-0.1, -0.05) is 23.7 Å². The Morgan fingerprint density at radius 1 is 0.969 bits per heavy atom. The van der Waals surface area contributed by atoms with Gasteiger partial charge in [0.05, 0.1) is 21.2 Å².